The first-order valence-corrected chi connectivity index (χ1v) is 8.73. The highest BCUT2D eigenvalue weighted by Gasteiger charge is 2.24. The van der Waals surface area contributed by atoms with Crippen molar-refractivity contribution in [3.63, 3.8) is 0 Å². The van der Waals surface area contributed by atoms with Crippen LogP contribution >= 0.6 is 0 Å². The van der Waals surface area contributed by atoms with Gasteiger partial charge in [0.25, 0.3) is 5.56 Å². The van der Waals surface area contributed by atoms with Gasteiger partial charge in [0, 0.05) is 37.8 Å². The molecule has 1 N–H and O–H groups in total. The van der Waals surface area contributed by atoms with Crippen molar-refractivity contribution in [1.82, 2.24) is 19.8 Å². The zero-order chi connectivity index (χ0) is 16.1. The molecular formula is C17H26N4O2. The molecular weight excluding hydrogens is 292 g/mol. The number of hydrogen-bond acceptors (Lipinski definition) is 4. The molecule has 2 aliphatic rings. The van der Waals surface area contributed by atoms with Gasteiger partial charge in [-0.25, -0.2) is 4.98 Å². The van der Waals surface area contributed by atoms with Crippen molar-refractivity contribution in [2.75, 3.05) is 19.6 Å². The predicted molar refractivity (Wildman–Crippen MR) is 88.1 cm³/mol. The van der Waals surface area contributed by atoms with Gasteiger partial charge in [-0.3, -0.25) is 14.2 Å². The van der Waals surface area contributed by atoms with E-state index in [0.717, 1.165) is 58.3 Å². The summed E-state index contributed by atoms with van der Waals surface area (Å²) in [6.45, 7) is 3.82. The van der Waals surface area contributed by atoms with Crippen molar-refractivity contribution in [2.24, 2.45) is 5.92 Å². The number of aromatic nitrogens is 2. The Labute approximate surface area is 136 Å². The average molecular weight is 318 g/mol. The molecule has 2 aliphatic heterocycles. The maximum Gasteiger partial charge on any atom is 0.253 e. The molecule has 3 rings (SSSR count). The third-order valence-corrected chi connectivity index (χ3v) is 5.00. The number of nitrogens with one attached hydrogen (secondary N) is 1. The monoisotopic (exact) mass is 318 g/mol. The van der Waals surface area contributed by atoms with E-state index < -0.39 is 0 Å². The van der Waals surface area contributed by atoms with Gasteiger partial charge in [0.2, 0.25) is 5.91 Å². The number of carbonyl (C=O) groups is 1. The van der Waals surface area contributed by atoms with Crippen LogP contribution < -0.4 is 10.9 Å². The molecule has 2 saturated heterocycles. The van der Waals surface area contributed by atoms with Gasteiger partial charge < -0.3 is 10.2 Å². The van der Waals surface area contributed by atoms with E-state index in [1.165, 1.54) is 6.07 Å². The molecule has 1 aromatic heterocycles. The number of nitrogens with zero attached hydrogens (tertiary/aromatic N) is 3. The normalized spacial score (nSPS) is 24.2. The van der Waals surface area contributed by atoms with E-state index >= 15 is 0 Å². The van der Waals surface area contributed by atoms with Gasteiger partial charge in [-0.2, -0.15) is 0 Å². The minimum atomic E-state index is 0.0311. The van der Waals surface area contributed by atoms with Gasteiger partial charge in [0.05, 0.1) is 6.33 Å². The van der Waals surface area contributed by atoms with E-state index in [2.05, 4.69) is 15.2 Å². The lowest BCUT2D eigenvalue weighted by atomic mass is 9.96. The number of carbonyl (C=O) groups excluding carboxylic acids is 1. The summed E-state index contributed by atoms with van der Waals surface area (Å²) in [5.74, 6) is 0.746. The summed E-state index contributed by atoms with van der Waals surface area (Å²) in [6.07, 6.45) is 9.31. The molecule has 0 aromatic carbocycles. The Morgan fingerprint density at radius 1 is 1.13 bits per heavy atom. The first-order chi connectivity index (χ1) is 11.2. The summed E-state index contributed by atoms with van der Waals surface area (Å²) < 4.78 is 1.71. The molecule has 0 radical (unpaired) electrons. The molecule has 1 amide bonds. The molecule has 6 heteroatoms. The van der Waals surface area contributed by atoms with E-state index in [-0.39, 0.29) is 11.5 Å². The molecule has 23 heavy (non-hydrogen) atoms. The van der Waals surface area contributed by atoms with Crippen LogP contribution in [-0.2, 0) is 11.3 Å². The number of hydrogen-bond donors (Lipinski definition) is 1. The third-order valence-electron chi connectivity index (χ3n) is 5.00. The third kappa shape index (κ3) is 4.64. The van der Waals surface area contributed by atoms with E-state index in [0.29, 0.717) is 18.4 Å². The van der Waals surface area contributed by atoms with Crippen LogP contribution in [0.4, 0.5) is 0 Å². The molecule has 126 valence electrons. The van der Waals surface area contributed by atoms with Crippen LogP contribution in [0.5, 0.6) is 0 Å². The summed E-state index contributed by atoms with van der Waals surface area (Å²) >= 11 is 0. The second-order valence-electron chi connectivity index (χ2n) is 6.83. The zero-order valence-corrected chi connectivity index (χ0v) is 13.6. The highest BCUT2D eigenvalue weighted by Crippen LogP contribution is 2.20. The largest absolute Gasteiger partial charge is 0.352 e. The van der Waals surface area contributed by atoms with Crippen LogP contribution in [0.1, 0.15) is 38.5 Å². The summed E-state index contributed by atoms with van der Waals surface area (Å²) in [6, 6.07) is 1.83. The fourth-order valence-corrected chi connectivity index (χ4v) is 3.64. The minimum Gasteiger partial charge on any atom is -0.352 e. The first-order valence-electron chi connectivity index (χ1n) is 8.73. The highest BCUT2D eigenvalue weighted by molar-refractivity contribution is 5.76. The molecule has 0 saturated carbocycles. The fourth-order valence-electron chi connectivity index (χ4n) is 3.64. The number of amides is 1. The number of likely N-dealkylation sites (tertiary alicyclic amines) is 1. The first kappa shape index (κ1) is 16.2. The summed E-state index contributed by atoms with van der Waals surface area (Å²) in [5, 5.41) is 3.15. The van der Waals surface area contributed by atoms with E-state index in [1.807, 2.05) is 0 Å². The average Bonchev–Trinajstić information content (AvgIpc) is 2.75. The van der Waals surface area contributed by atoms with Gasteiger partial charge in [-0.05, 0) is 44.7 Å². The van der Waals surface area contributed by atoms with Crippen molar-refractivity contribution in [1.29, 1.82) is 0 Å². The number of piperidine rings is 1. The van der Waals surface area contributed by atoms with Gasteiger partial charge >= 0.3 is 0 Å². The molecule has 6 nitrogen and oxygen atoms in total. The van der Waals surface area contributed by atoms with Gasteiger partial charge in [0.15, 0.2) is 0 Å². The Balaban J connectivity index is 1.46. The maximum atomic E-state index is 11.8. The fraction of sp³-hybridized carbons (Fsp3) is 0.706. The molecule has 2 fully saturated rings. The van der Waals surface area contributed by atoms with Gasteiger partial charge in [0.1, 0.15) is 0 Å². The van der Waals surface area contributed by atoms with Crippen LogP contribution in [0.25, 0.3) is 0 Å². The Morgan fingerprint density at radius 2 is 1.96 bits per heavy atom. The summed E-state index contributed by atoms with van der Waals surface area (Å²) in [7, 11) is 0. The van der Waals surface area contributed by atoms with Crippen LogP contribution in [-0.4, -0.2) is 46.0 Å². The Morgan fingerprint density at radius 3 is 2.74 bits per heavy atom. The van der Waals surface area contributed by atoms with Crippen LogP contribution in [0.15, 0.2) is 23.4 Å². The second kappa shape index (κ2) is 7.73. The maximum absolute atomic E-state index is 11.8. The smallest absolute Gasteiger partial charge is 0.253 e. The molecule has 0 bridgehead atoms. The van der Waals surface area contributed by atoms with Crippen molar-refractivity contribution in [3.8, 4) is 0 Å². The molecule has 3 heterocycles. The zero-order valence-electron chi connectivity index (χ0n) is 13.6. The van der Waals surface area contributed by atoms with Crippen LogP contribution in [0.2, 0.25) is 0 Å². The summed E-state index contributed by atoms with van der Waals surface area (Å²) in [5.41, 5.74) is 0.0311. The second-order valence-corrected chi connectivity index (χ2v) is 6.83. The van der Waals surface area contributed by atoms with Crippen LogP contribution in [0, 0.1) is 5.92 Å². The minimum absolute atomic E-state index is 0.0311. The van der Waals surface area contributed by atoms with Crippen molar-refractivity contribution in [3.05, 3.63) is 28.9 Å². The predicted octanol–water partition coefficient (Wildman–Crippen LogP) is 1.01. The van der Waals surface area contributed by atoms with Crippen molar-refractivity contribution < 1.29 is 4.79 Å². The molecule has 1 aromatic rings. The van der Waals surface area contributed by atoms with E-state index in [9.17, 15) is 9.59 Å². The van der Waals surface area contributed by atoms with Crippen LogP contribution in [0.3, 0.4) is 0 Å². The van der Waals surface area contributed by atoms with Gasteiger partial charge in [-0.15, -0.1) is 0 Å². The lowest BCUT2D eigenvalue weighted by Crippen LogP contribution is -2.45. The van der Waals surface area contributed by atoms with E-state index in [1.54, 1.807) is 17.1 Å². The quantitative estimate of drug-likeness (QED) is 0.900. The molecule has 1 unspecified atom stereocenters. The topological polar surface area (TPSA) is 67.2 Å². The lowest BCUT2D eigenvalue weighted by molar-refractivity contribution is -0.121. The summed E-state index contributed by atoms with van der Waals surface area (Å²) in [4.78, 5) is 29.9. The van der Waals surface area contributed by atoms with E-state index in [4.69, 9.17) is 0 Å². The molecule has 0 spiro atoms. The molecule has 0 aliphatic carbocycles. The SMILES string of the molecule is O=C1CCCCC(CN2CCC(Cn3cnccc3=O)CC2)N1. The van der Waals surface area contributed by atoms with Gasteiger partial charge in [-0.1, -0.05) is 6.42 Å². The lowest BCUT2D eigenvalue weighted by Gasteiger charge is -2.34. The molecule has 1 atom stereocenters. The van der Waals surface area contributed by atoms with Crippen molar-refractivity contribution in [2.45, 2.75) is 51.1 Å². The number of rotatable bonds is 4. The van der Waals surface area contributed by atoms with Crippen molar-refractivity contribution >= 4 is 5.91 Å². The Kier molecular flexibility index (Phi) is 5.43. The Hall–Kier alpha value is -1.69. The standard InChI is InChI=1S/C17H26N4O2/c22-16-4-2-1-3-15(19-16)12-20-9-6-14(7-10-20)11-21-13-18-8-5-17(21)23/h5,8,13-15H,1-4,6-7,9-12H2,(H,19,22). The highest BCUT2D eigenvalue weighted by atomic mass is 16.1. The Bertz CT molecular complexity index is 578.